The zero-order chi connectivity index (χ0) is 23.5. The molecule has 173 valence electrons. The van der Waals surface area contributed by atoms with Crippen molar-refractivity contribution in [1.82, 2.24) is 0 Å². The van der Waals surface area contributed by atoms with Gasteiger partial charge in [-0.1, -0.05) is 0 Å². The van der Waals surface area contributed by atoms with E-state index in [-0.39, 0.29) is 30.6 Å². The summed E-state index contributed by atoms with van der Waals surface area (Å²) in [6, 6.07) is 0. The standard InChI is InChI=1S/2C6H4F6O2.Co/c2*1-2(3(13)5(7,8)9)4(14)6(10,11)12;/h2*13H,1H3;/b2*3-2-;. The molecular weight excluding hydrogens is 495 g/mol. The predicted molar refractivity (Wildman–Crippen MR) is 64.9 cm³/mol. The third-order valence-corrected chi connectivity index (χ3v) is 2.44. The molecule has 0 heterocycles. The van der Waals surface area contributed by atoms with Crippen molar-refractivity contribution in [3.8, 4) is 0 Å². The van der Waals surface area contributed by atoms with Gasteiger partial charge in [0.15, 0.2) is 0 Å². The topological polar surface area (TPSA) is 74.6 Å². The van der Waals surface area contributed by atoms with Crippen LogP contribution in [-0.4, -0.2) is 46.5 Å². The maximum atomic E-state index is 11.6. The molecule has 2 N–H and O–H groups in total. The van der Waals surface area contributed by atoms with Crippen LogP contribution in [-0.2, 0) is 26.4 Å². The molecule has 0 saturated heterocycles. The van der Waals surface area contributed by atoms with Crippen LogP contribution in [0.4, 0.5) is 52.7 Å². The number of carbonyl (C=O) groups excluding carboxylic acids is 2. The van der Waals surface area contributed by atoms with Crippen LogP contribution in [0.25, 0.3) is 0 Å². The van der Waals surface area contributed by atoms with E-state index < -0.39 is 58.9 Å². The van der Waals surface area contributed by atoms with E-state index in [2.05, 4.69) is 0 Å². The second-order valence-electron chi connectivity index (χ2n) is 4.60. The summed E-state index contributed by atoms with van der Waals surface area (Å²) in [6.45, 7) is 0.497. The molecule has 0 bridgehead atoms. The first-order chi connectivity index (χ1) is 12.0. The van der Waals surface area contributed by atoms with Gasteiger partial charge in [0.05, 0.1) is 0 Å². The van der Waals surface area contributed by atoms with Gasteiger partial charge >= 0.3 is 24.7 Å². The van der Waals surface area contributed by atoms with Gasteiger partial charge in [0, 0.05) is 27.9 Å². The first kappa shape index (κ1) is 31.8. The molecule has 0 aliphatic rings. The molecule has 0 atom stereocenters. The summed E-state index contributed by atoms with van der Waals surface area (Å²) < 4.78 is 139. The number of alkyl halides is 12. The van der Waals surface area contributed by atoms with Crippen LogP contribution in [0.3, 0.4) is 0 Å². The van der Waals surface area contributed by atoms with Gasteiger partial charge in [-0.15, -0.1) is 0 Å². The minimum absolute atomic E-state index is 0. The van der Waals surface area contributed by atoms with Crippen LogP contribution in [0.5, 0.6) is 0 Å². The summed E-state index contributed by atoms with van der Waals surface area (Å²) in [4.78, 5) is 20.4. The molecule has 0 unspecified atom stereocenters. The minimum atomic E-state index is -5.43. The fourth-order valence-corrected chi connectivity index (χ4v) is 1.07. The Hall–Kier alpha value is -1.91. The zero-order valence-corrected chi connectivity index (χ0v) is 14.6. The van der Waals surface area contributed by atoms with Gasteiger partial charge in [-0.2, -0.15) is 52.7 Å². The number of rotatable bonds is 2. The number of hydrogen-bond donors (Lipinski definition) is 2. The van der Waals surface area contributed by atoms with Crippen molar-refractivity contribution in [2.45, 2.75) is 38.6 Å². The summed E-state index contributed by atoms with van der Waals surface area (Å²) in [5, 5.41) is 16.4. The average molecular weight is 503 g/mol. The minimum Gasteiger partial charge on any atom is -0.504 e. The summed E-state index contributed by atoms with van der Waals surface area (Å²) in [5.41, 5.74) is -3.55. The quantitative estimate of drug-likeness (QED) is 0.316. The monoisotopic (exact) mass is 503 g/mol. The van der Waals surface area contributed by atoms with E-state index >= 15 is 0 Å². The molecule has 0 aliphatic carbocycles. The third kappa shape index (κ3) is 10.4. The van der Waals surface area contributed by atoms with Gasteiger partial charge < -0.3 is 10.2 Å². The van der Waals surface area contributed by atoms with E-state index in [4.69, 9.17) is 10.2 Å². The van der Waals surface area contributed by atoms with Gasteiger partial charge in [0.25, 0.3) is 11.6 Å². The first-order valence-electron chi connectivity index (χ1n) is 6.12. The van der Waals surface area contributed by atoms with Crippen molar-refractivity contribution in [2.75, 3.05) is 0 Å². The summed E-state index contributed by atoms with van der Waals surface area (Å²) in [6.07, 6.45) is -21.6. The summed E-state index contributed by atoms with van der Waals surface area (Å²) in [5.74, 6) is -10.5. The summed E-state index contributed by atoms with van der Waals surface area (Å²) in [7, 11) is 0. The van der Waals surface area contributed by atoms with Crippen molar-refractivity contribution in [3.05, 3.63) is 22.7 Å². The zero-order valence-electron chi connectivity index (χ0n) is 13.6. The number of carbonyl (C=O) groups is 2. The Balaban J connectivity index is -0.000000451. The fourth-order valence-electron chi connectivity index (χ4n) is 1.07. The Kier molecular flexibility index (Phi) is 11.2. The van der Waals surface area contributed by atoms with Gasteiger partial charge in [-0.3, -0.25) is 9.59 Å². The number of hydrogen-bond acceptors (Lipinski definition) is 4. The molecular formula is C12H8CoF12O4. The maximum Gasteiger partial charge on any atom is 0.454 e. The van der Waals surface area contributed by atoms with Gasteiger partial charge in [0.2, 0.25) is 11.5 Å². The molecule has 0 saturated carbocycles. The SMILES string of the molecule is C/C(C(=O)C(F)(F)F)=C(/O)C(F)(F)F.C/C(C(=O)C(F)(F)F)=C(/O)C(F)(F)F.[Co]. The fraction of sp³-hybridized carbons (Fsp3) is 0.500. The van der Waals surface area contributed by atoms with Gasteiger partial charge in [-0.25, -0.2) is 0 Å². The van der Waals surface area contributed by atoms with E-state index in [9.17, 15) is 62.3 Å². The molecule has 0 rings (SSSR count). The number of aliphatic hydroxyl groups is 2. The number of ketones is 2. The molecule has 0 aromatic rings. The van der Waals surface area contributed by atoms with Crippen molar-refractivity contribution >= 4 is 11.6 Å². The number of aliphatic hydroxyl groups excluding tert-OH is 2. The van der Waals surface area contributed by atoms with Crippen molar-refractivity contribution in [3.63, 3.8) is 0 Å². The van der Waals surface area contributed by atoms with Gasteiger partial charge in [-0.05, 0) is 13.8 Å². The van der Waals surface area contributed by atoms with Crippen LogP contribution >= 0.6 is 0 Å². The predicted octanol–water partition coefficient (Wildman–Crippen LogP) is 5.02. The van der Waals surface area contributed by atoms with Crippen LogP contribution in [0, 0.1) is 0 Å². The molecule has 17 heteroatoms. The Bertz CT molecular complexity index is 606. The Morgan fingerprint density at radius 1 is 0.517 bits per heavy atom. The molecule has 29 heavy (non-hydrogen) atoms. The van der Waals surface area contributed by atoms with Crippen molar-refractivity contribution < 1.29 is 89.3 Å². The van der Waals surface area contributed by atoms with Crippen LogP contribution in [0.15, 0.2) is 22.7 Å². The molecule has 4 nitrogen and oxygen atoms in total. The molecule has 0 amide bonds. The molecule has 0 aromatic carbocycles. The normalized spacial score (nSPS) is 14.6. The first-order valence-corrected chi connectivity index (χ1v) is 6.12. The smallest absolute Gasteiger partial charge is 0.454 e. The average Bonchev–Trinajstić information content (AvgIpc) is 2.47. The molecule has 0 aromatic heterocycles. The number of Topliss-reactive ketones (excluding diaryl/α,β-unsaturated/α-hetero) is 2. The van der Waals surface area contributed by atoms with E-state index in [1.165, 1.54) is 0 Å². The molecule has 0 spiro atoms. The third-order valence-electron chi connectivity index (χ3n) is 2.44. The van der Waals surface area contributed by atoms with Crippen LogP contribution in [0.2, 0.25) is 0 Å². The number of allylic oxidation sites excluding steroid dienone is 4. The van der Waals surface area contributed by atoms with E-state index in [1.807, 2.05) is 0 Å². The van der Waals surface area contributed by atoms with Gasteiger partial charge in [0.1, 0.15) is 0 Å². The maximum absolute atomic E-state index is 11.6. The molecule has 1 radical (unpaired) electrons. The molecule has 0 fully saturated rings. The van der Waals surface area contributed by atoms with E-state index in [0.717, 1.165) is 0 Å². The van der Waals surface area contributed by atoms with Crippen LogP contribution < -0.4 is 0 Å². The Morgan fingerprint density at radius 2 is 0.690 bits per heavy atom. The van der Waals surface area contributed by atoms with E-state index in [0.29, 0.717) is 0 Å². The Labute approximate surface area is 163 Å². The van der Waals surface area contributed by atoms with Crippen molar-refractivity contribution in [1.29, 1.82) is 0 Å². The van der Waals surface area contributed by atoms with Crippen molar-refractivity contribution in [2.24, 2.45) is 0 Å². The second-order valence-corrected chi connectivity index (χ2v) is 4.60. The number of halogens is 12. The molecule has 0 aliphatic heterocycles. The largest absolute Gasteiger partial charge is 0.504 e. The van der Waals surface area contributed by atoms with Crippen LogP contribution in [0.1, 0.15) is 13.8 Å². The Morgan fingerprint density at radius 3 is 0.793 bits per heavy atom. The van der Waals surface area contributed by atoms with E-state index in [1.54, 1.807) is 0 Å². The summed E-state index contributed by atoms with van der Waals surface area (Å²) >= 11 is 0. The second kappa shape index (κ2) is 10.2.